The van der Waals surface area contributed by atoms with Gasteiger partial charge >= 0.3 is 0 Å². The number of nitrogens with one attached hydrogen (secondary N) is 1. The molecule has 3 heterocycles. The molecule has 1 unspecified atom stereocenters. The molecule has 1 amide bonds. The van der Waals surface area contributed by atoms with Gasteiger partial charge in [0.25, 0.3) is 5.91 Å². The van der Waals surface area contributed by atoms with Crippen molar-refractivity contribution in [3.05, 3.63) is 40.8 Å². The molecular formula is C23H24FN7O3S. The predicted molar refractivity (Wildman–Crippen MR) is 127 cm³/mol. The first-order valence-electron chi connectivity index (χ1n) is 11.0. The summed E-state index contributed by atoms with van der Waals surface area (Å²) in [6.07, 6.45) is -1.83. The SMILES string of the molecule is Cc1nc(C)c(Nc2ncnc(-c3ccc(O[C@H]4CCN(C(=O)C(C)O)C[C@H]4F)c(C#N)c3)n2)s1. The standard InChI is InChI=1S/C23H24FN7O3S/c1-12-21(35-14(3)28-12)30-23-27-11-26-20(29-23)15-4-5-18(16(8-15)9-25)34-19-6-7-31(10-17(19)24)22(33)13(2)32/h4-5,8,11,13,17,19,32H,6-7,10H2,1-3H3,(H,26,27,29,30)/t13?,17-,19+/m1/s1. The van der Waals surface area contributed by atoms with E-state index in [1.54, 1.807) is 18.2 Å². The second-order valence-corrected chi connectivity index (χ2v) is 9.35. The number of carbonyl (C=O) groups excluding carboxylic acids is 1. The van der Waals surface area contributed by atoms with E-state index in [1.165, 1.54) is 29.5 Å². The Kier molecular flexibility index (Phi) is 7.18. The molecule has 0 aliphatic carbocycles. The topological polar surface area (TPSA) is 137 Å². The summed E-state index contributed by atoms with van der Waals surface area (Å²) in [4.78, 5) is 30.4. The first-order valence-corrected chi connectivity index (χ1v) is 11.8. The van der Waals surface area contributed by atoms with Crippen molar-refractivity contribution in [3.63, 3.8) is 0 Å². The summed E-state index contributed by atoms with van der Waals surface area (Å²) in [5, 5.41) is 24.0. The van der Waals surface area contributed by atoms with Gasteiger partial charge in [0.2, 0.25) is 5.95 Å². The van der Waals surface area contributed by atoms with Crippen LogP contribution >= 0.6 is 11.3 Å². The molecule has 1 saturated heterocycles. The molecule has 35 heavy (non-hydrogen) atoms. The Labute approximate surface area is 205 Å². The van der Waals surface area contributed by atoms with Gasteiger partial charge in [0, 0.05) is 18.5 Å². The number of halogens is 1. The van der Waals surface area contributed by atoms with E-state index in [4.69, 9.17) is 4.74 Å². The average Bonchev–Trinajstić information content (AvgIpc) is 3.16. The van der Waals surface area contributed by atoms with Crippen LogP contribution in [-0.2, 0) is 4.79 Å². The molecule has 3 aromatic rings. The molecule has 1 aliphatic heterocycles. The molecule has 0 spiro atoms. The maximum atomic E-state index is 14.7. The number of amides is 1. The van der Waals surface area contributed by atoms with Crippen LogP contribution in [0.4, 0.5) is 15.3 Å². The lowest BCUT2D eigenvalue weighted by molar-refractivity contribution is -0.143. The van der Waals surface area contributed by atoms with Crippen LogP contribution in [-0.4, -0.2) is 67.3 Å². The van der Waals surface area contributed by atoms with E-state index in [1.807, 2.05) is 13.8 Å². The van der Waals surface area contributed by atoms with E-state index < -0.39 is 24.3 Å². The fourth-order valence-electron chi connectivity index (χ4n) is 3.75. The number of aliphatic hydroxyl groups excluding tert-OH is 1. The van der Waals surface area contributed by atoms with Crippen molar-refractivity contribution in [3.8, 4) is 23.2 Å². The Balaban J connectivity index is 1.49. The molecule has 2 aromatic heterocycles. The molecule has 3 atom stereocenters. The van der Waals surface area contributed by atoms with E-state index in [0.717, 1.165) is 15.7 Å². The molecule has 1 aliphatic rings. The Morgan fingerprint density at radius 3 is 2.83 bits per heavy atom. The maximum absolute atomic E-state index is 14.7. The minimum Gasteiger partial charge on any atom is -0.486 e. The van der Waals surface area contributed by atoms with Crippen LogP contribution in [0.3, 0.4) is 0 Å². The molecule has 1 fully saturated rings. The minimum atomic E-state index is -1.45. The number of nitrogens with zero attached hydrogens (tertiary/aromatic N) is 6. The van der Waals surface area contributed by atoms with Gasteiger partial charge < -0.3 is 20.1 Å². The van der Waals surface area contributed by atoms with E-state index in [0.29, 0.717) is 17.3 Å². The van der Waals surface area contributed by atoms with Crippen molar-refractivity contribution in [2.45, 2.75) is 45.6 Å². The van der Waals surface area contributed by atoms with Gasteiger partial charge in [-0.3, -0.25) is 4.79 Å². The molecule has 182 valence electrons. The highest BCUT2D eigenvalue weighted by Gasteiger charge is 2.34. The van der Waals surface area contributed by atoms with E-state index in [2.05, 4.69) is 31.3 Å². The van der Waals surface area contributed by atoms with E-state index in [-0.39, 0.29) is 30.8 Å². The van der Waals surface area contributed by atoms with Gasteiger partial charge in [0.1, 0.15) is 35.4 Å². The van der Waals surface area contributed by atoms with E-state index in [9.17, 15) is 19.6 Å². The normalized spacial score (nSPS) is 18.6. The third kappa shape index (κ3) is 5.52. The Morgan fingerprint density at radius 1 is 1.37 bits per heavy atom. The number of likely N-dealkylation sites (tertiary alicyclic amines) is 1. The molecule has 10 nitrogen and oxygen atoms in total. The Bertz CT molecular complexity index is 1280. The zero-order chi connectivity index (χ0) is 25.1. The first kappa shape index (κ1) is 24.4. The third-order valence-corrected chi connectivity index (χ3v) is 6.48. The fraction of sp³-hybridized carbons (Fsp3) is 0.391. The lowest BCUT2D eigenvalue weighted by Gasteiger charge is -2.35. The van der Waals surface area contributed by atoms with Crippen LogP contribution in [0.2, 0.25) is 0 Å². The average molecular weight is 498 g/mol. The summed E-state index contributed by atoms with van der Waals surface area (Å²) >= 11 is 1.49. The summed E-state index contributed by atoms with van der Waals surface area (Å²) in [5.41, 5.74) is 1.63. The summed E-state index contributed by atoms with van der Waals surface area (Å²) < 4.78 is 20.5. The second kappa shape index (κ2) is 10.3. The highest BCUT2D eigenvalue weighted by Crippen LogP contribution is 2.29. The smallest absolute Gasteiger partial charge is 0.251 e. The molecule has 0 saturated carbocycles. The summed E-state index contributed by atoms with van der Waals surface area (Å²) in [6.45, 7) is 5.24. The number of carbonyl (C=O) groups is 1. The van der Waals surface area contributed by atoms with Gasteiger partial charge in [0.05, 0.1) is 22.8 Å². The number of piperidine rings is 1. The molecule has 0 bridgehead atoms. The largest absolute Gasteiger partial charge is 0.486 e. The molecule has 12 heteroatoms. The second-order valence-electron chi connectivity index (χ2n) is 8.15. The quantitative estimate of drug-likeness (QED) is 0.526. The van der Waals surface area contributed by atoms with Crippen LogP contribution in [0, 0.1) is 25.2 Å². The van der Waals surface area contributed by atoms with Crippen molar-refractivity contribution < 1.29 is 19.0 Å². The number of alkyl halides is 1. The van der Waals surface area contributed by atoms with Crippen LogP contribution < -0.4 is 10.1 Å². The number of aliphatic hydroxyl groups is 1. The number of ether oxygens (including phenoxy) is 1. The Morgan fingerprint density at radius 2 is 2.17 bits per heavy atom. The van der Waals surface area contributed by atoms with Gasteiger partial charge in [-0.15, -0.1) is 11.3 Å². The fourth-order valence-corrected chi connectivity index (χ4v) is 4.56. The number of anilines is 2. The summed E-state index contributed by atoms with van der Waals surface area (Å²) in [5.74, 6) is 0.430. The lowest BCUT2D eigenvalue weighted by atomic mass is 10.0. The number of benzene rings is 1. The van der Waals surface area contributed by atoms with Crippen LogP contribution in [0.25, 0.3) is 11.4 Å². The molecule has 4 rings (SSSR count). The maximum Gasteiger partial charge on any atom is 0.251 e. The number of hydrogen-bond acceptors (Lipinski definition) is 10. The monoisotopic (exact) mass is 497 g/mol. The number of nitriles is 1. The number of thiazole rings is 1. The summed E-state index contributed by atoms with van der Waals surface area (Å²) in [7, 11) is 0. The third-order valence-electron chi connectivity index (χ3n) is 5.49. The number of aryl methyl sites for hydroxylation is 2. The van der Waals surface area contributed by atoms with Gasteiger partial charge in [-0.25, -0.2) is 19.3 Å². The van der Waals surface area contributed by atoms with Gasteiger partial charge in [-0.05, 0) is 39.0 Å². The highest BCUT2D eigenvalue weighted by atomic mass is 32.1. The van der Waals surface area contributed by atoms with Crippen molar-refractivity contribution in [2.24, 2.45) is 0 Å². The highest BCUT2D eigenvalue weighted by molar-refractivity contribution is 7.15. The number of rotatable bonds is 6. The van der Waals surface area contributed by atoms with Crippen LogP contribution in [0.15, 0.2) is 24.5 Å². The zero-order valence-corrected chi connectivity index (χ0v) is 20.2. The molecule has 1 aromatic carbocycles. The van der Waals surface area contributed by atoms with E-state index >= 15 is 0 Å². The van der Waals surface area contributed by atoms with Crippen molar-refractivity contribution in [1.82, 2.24) is 24.8 Å². The first-order chi connectivity index (χ1) is 16.7. The molecule has 0 radical (unpaired) electrons. The van der Waals surface area contributed by atoms with Gasteiger partial charge in [-0.2, -0.15) is 10.2 Å². The van der Waals surface area contributed by atoms with Crippen molar-refractivity contribution in [2.75, 3.05) is 18.4 Å². The van der Waals surface area contributed by atoms with Gasteiger partial charge in [0.15, 0.2) is 12.0 Å². The lowest BCUT2D eigenvalue weighted by Crippen LogP contribution is -2.51. The van der Waals surface area contributed by atoms with Crippen molar-refractivity contribution in [1.29, 1.82) is 5.26 Å². The summed E-state index contributed by atoms with van der Waals surface area (Å²) in [6, 6.07) is 6.93. The zero-order valence-electron chi connectivity index (χ0n) is 19.4. The Hall–Kier alpha value is -3.69. The predicted octanol–water partition coefficient (Wildman–Crippen LogP) is 2.93. The van der Waals surface area contributed by atoms with Crippen LogP contribution in [0.5, 0.6) is 5.75 Å². The van der Waals surface area contributed by atoms with Crippen molar-refractivity contribution >= 4 is 28.2 Å². The van der Waals surface area contributed by atoms with Crippen LogP contribution in [0.1, 0.15) is 29.6 Å². The number of hydrogen-bond donors (Lipinski definition) is 2. The van der Waals surface area contributed by atoms with Gasteiger partial charge in [-0.1, -0.05) is 0 Å². The molecular weight excluding hydrogens is 473 g/mol. The minimum absolute atomic E-state index is 0.173. The molecule has 2 N–H and O–H groups in total. The number of aromatic nitrogens is 4.